The van der Waals surface area contributed by atoms with Crippen molar-refractivity contribution in [1.82, 2.24) is 14.9 Å². The number of nitrogens with zero attached hydrogens (tertiary/aromatic N) is 4. The van der Waals surface area contributed by atoms with Gasteiger partial charge in [0.15, 0.2) is 5.58 Å². The topological polar surface area (TPSA) is 88.5 Å². The Morgan fingerprint density at radius 3 is 2.59 bits per heavy atom. The molecule has 2 saturated heterocycles. The van der Waals surface area contributed by atoms with Crippen molar-refractivity contribution in [3.63, 3.8) is 0 Å². The summed E-state index contributed by atoms with van der Waals surface area (Å²) in [6.45, 7) is 0. The van der Waals surface area contributed by atoms with E-state index in [1.807, 2.05) is 18.2 Å². The second-order valence-electron chi connectivity index (χ2n) is 8.12. The highest BCUT2D eigenvalue weighted by Gasteiger charge is 2.40. The van der Waals surface area contributed by atoms with Crippen LogP contribution in [0.2, 0.25) is 0 Å². The molecule has 5 rings (SSSR count). The molecule has 150 valence electrons. The fourth-order valence-corrected chi connectivity index (χ4v) is 5.02. The van der Waals surface area contributed by atoms with Gasteiger partial charge < -0.3 is 15.1 Å². The molecule has 2 aliphatic rings. The third-order valence-electron chi connectivity index (χ3n) is 6.50. The van der Waals surface area contributed by atoms with Crippen LogP contribution in [0.4, 0.5) is 11.7 Å². The molecular formula is C22H25N5O2. The number of nitrogens with two attached hydrogens (primary N) is 1. The summed E-state index contributed by atoms with van der Waals surface area (Å²) in [6.07, 6.45) is 9.44. The minimum Gasteiger partial charge on any atom is -0.423 e. The fraction of sp³-hybridized carbons (Fsp3) is 0.409. The van der Waals surface area contributed by atoms with E-state index in [-0.39, 0.29) is 6.04 Å². The SMILES string of the molecule is CN1C2CCCC1CC(N(c1ccncc1)c1nc3c(C(N)=O)cccc3o1)C2. The van der Waals surface area contributed by atoms with Gasteiger partial charge in [-0.2, -0.15) is 4.98 Å². The molecule has 2 bridgehead atoms. The number of fused-ring (bicyclic) bond motifs is 3. The van der Waals surface area contributed by atoms with E-state index in [4.69, 9.17) is 15.1 Å². The monoisotopic (exact) mass is 391 g/mol. The highest BCUT2D eigenvalue weighted by molar-refractivity contribution is 6.03. The molecule has 29 heavy (non-hydrogen) atoms. The Balaban J connectivity index is 1.60. The molecule has 1 amide bonds. The average Bonchev–Trinajstić information content (AvgIpc) is 3.13. The van der Waals surface area contributed by atoms with Gasteiger partial charge in [0.1, 0.15) is 5.52 Å². The van der Waals surface area contributed by atoms with Crippen molar-refractivity contribution < 1.29 is 9.21 Å². The van der Waals surface area contributed by atoms with Crippen LogP contribution in [-0.2, 0) is 0 Å². The van der Waals surface area contributed by atoms with Crippen LogP contribution in [0, 0.1) is 0 Å². The first-order valence-electron chi connectivity index (χ1n) is 10.2. The molecular weight excluding hydrogens is 366 g/mol. The first kappa shape index (κ1) is 18.1. The van der Waals surface area contributed by atoms with Gasteiger partial charge in [0.25, 0.3) is 5.91 Å². The molecule has 0 saturated carbocycles. The standard InChI is InChI=1S/C22H25N5O2/c1-26-15-4-2-5-16(26)13-17(12-15)27(14-8-10-24-11-9-14)22-25-20-18(21(23)28)6-3-7-19(20)29-22/h3,6-11,15-17H,2,4-5,12-13H2,1H3,(H2,23,28). The molecule has 7 heteroatoms. The summed E-state index contributed by atoms with van der Waals surface area (Å²) < 4.78 is 6.15. The lowest BCUT2D eigenvalue weighted by atomic mass is 9.81. The third kappa shape index (κ3) is 3.15. The van der Waals surface area contributed by atoms with Crippen LogP contribution in [0.1, 0.15) is 42.5 Å². The zero-order chi connectivity index (χ0) is 20.0. The Kier molecular flexibility index (Phi) is 4.47. The summed E-state index contributed by atoms with van der Waals surface area (Å²) in [5.74, 6) is -0.500. The molecule has 4 heterocycles. The van der Waals surface area contributed by atoms with Crippen LogP contribution in [0.5, 0.6) is 0 Å². The quantitative estimate of drug-likeness (QED) is 0.733. The molecule has 2 aromatic heterocycles. The Morgan fingerprint density at radius 2 is 1.90 bits per heavy atom. The number of primary amides is 1. The average molecular weight is 391 g/mol. The van der Waals surface area contributed by atoms with Gasteiger partial charge >= 0.3 is 6.01 Å². The number of hydrogen-bond donors (Lipinski definition) is 1. The fourth-order valence-electron chi connectivity index (χ4n) is 5.02. The molecule has 3 aromatic rings. The van der Waals surface area contributed by atoms with Gasteiger partial charge in [-0.25, -0.2) is 0 Å². The van der Waals surface area contributed by atoms with Crippen molar-refractivity contribution in [1.29, 1.82) is 0 Å². The number of piperidine rings is 2. The number of rotatable bonds is 4. The lowest BCUT2D eigenvalue weighted by Gasteiger charge is -2.49. The van der Waals surface area contributed by atoms with Crippen LogP contribution in [0.25, 0.3) is 11.1 Å². The van der Waals surface area contributed by atoms with E-state index in [2.05, 4.69) is 21.8 Å². The molecule has 7 nitrogen and oxygen atoms in total. The van der Waals surface area contributed by atoms with Gasteiger partial charge in [-0.05, 0) is 57.0 Å². The number of amides is 1. The van der Waals surface area contributed by atoms with E-state index >= 15 is 0 Å². The minimum atomic E-state index is -0.500. The summed E-state index contributed by atoms with van der Waals surface area (Å²) in [5.41, 5.74) is 8.02. The smallest absolute Gasteiger partial charge is 0.303 e. The van der Waals surface area contributed by atoms with Gasteiger partial charge in [-0.1, -0.05) is 12.5 Å². The van der Waals surface area contributed by atoms with Crippen molar-refractivity contribution in [2.45, 2.75) is 50.2 Å². The number of oxazole rings is 1. The minimum absolute atomic E-state index is 0.272. The predicted octanol–water partition coefficient (Wildman–Crippen LogP) is 3.48. The van der Waals surface area contributed by atoms with Crippen molar-refractivity contribution in [3.05, 3.63) is 48.3 Å². The number of pyridine rings is 1. The van der Waals surface area contributed by atoms with E-state index in [0.29, 0.717) is 34.8 Å². The molecule has 0 radical (unpaired) electrons. The largest absolute Gasteiger partial charge is 0.423 e. The molecule has 0 aliphatic carbocycles. The van der Waals surface area contributed by atoms with Crippen LogP contribution in [0.3, 0.4) is 0 Å². The summed E-state index contributed by atoms with van der Waals surface area (Å²) >= 11 is 0. The summed E-state index contributed by atoms with van der Waals surface area (Å²) in [4.78, 5) is 25.5. The predicted molar refractivity (Wildman–Crippen MR) is 111 cm³/mol. The van der Waals surface area contributed by atoms with Crippen LogP contribution in [-0.4, -0.2) is 45.9 Å². The molecule has 2 atom stereocenters. The lowest BCUT2D eigenvalue weighted by Crippen LogP contribution is -2.54. The Hall–Kier alpha value is -2.93. The number of carbonyl (C=O) groups excluding carboxylic acids is 1. The maximum Gasteiger partial charge on any atom is 0.303 e. The molecule has 2 unspecified atom stereocenters. The van der Waals surface area contributed by atoms with E-state index in [0.717, 1.165) is 18.5 Å². The second-order valence-corrected chi connectivity index (χ2v) is 8.12. The van der Waals surface area contributed by atoms with Crippen molar-refractivity contribution in [3.8, 4) is 0 Å². The lowest BCUT2D eigenvalue weighted by molar-refractivity contribution is 0.0563. The number of benzene rings is 1. The first-order chi connectivity index (χ1) is 14.1. The normalized spacial score (nSPS) is 24.5. The van der Waals surface area contributed by atoms with Crippen molar-refractivity contribution >= 4 is 28.7 Å². The molecule has 1 aromatic carbocycles. The highest BCUT2D eigenvalue weighted by atomic mass is 16.4. The highest BCUT2D eigenvalue weighted by Crippen LogP contribution is 2.40. The van der Waals surface area contributed by atoms with Gasteiger partial charge in [0, 0.05) is 36.2 Å². The third-order valence-corrected chi connectivity index (χ3v) is 6.50. The number of para-hydroxylation sites is 1. The Labute approximate surface area is 169 Å². The van der Waals surface area contributed by atoms with E-state index in [9.17, 15) is 4.79 Å². The van der Waals surface area contributed by atoms with E-state index in [1.165, 1.54) is 19.3 Å². The molecule has 0 spiro atoms. The van der Waals surface area contributed by atoms with Crippen LogP contribution in [0.15, 0.2) is 47.1 Å². The number of carbonyl (C=O) groups is 1. The maximum absolute atomic E-state index is 11.8. The van der Waals surface area contributed by atoms with Gasteiger partial charge in [-0.3, -0.25) is 14.7 Å². The van der Waals surface area contributed by atoms with Crippen molar-refractivity contribution in [2.75, 3.05) is 11.9 Å². The summed E-state index contributed by atoms with van der Waals surface area (Å²) in [5, 5.41) is 0. The summed E-state index contributed by atoms with van der Waals surface area (Å²) in [6, 6.07) is 11.2. The van der Waals surface area contributed by atoms with Crippen LogP contribution < -0.4 is 10.6 Å². The number of hydrogen-bond acceptors (Lipinski definition) is 6. The van der Waals surface area contributed by atoms with Crippen molar-refractivity contribution in [2.24, 2.45) is 5.73 Å². The van der Waals surface area contributed by atoms with Gasteiger partial charge in [-0.15, -0.1) is 0 Å². The van der Waals surface area contributed by atoms with Gasteiger partial charge in [0.2, 0.25) is 0 Å². The zero-order valence-electron chi connectivity index (χ0n) is 16.5. The summed E-state index contributed by atoms with van der Waals surface area (Å²) in [7, 11) is 2.25. The molecule has 2 N–H and O–H groups in total. The maximum atomic E-state index is 11.8. The molecule has 2 fully saturated rings. The number of anilines is 2. The number of aromatic nitrogens is 2. The van der Waals surface area contributed by atoms with Crippen LogP contribution >= 0.6 is 0 Å². The van der Waals surface area contributed by atoms with Gasteiger partial charge in [0.05, 0.1) is 5.56 Å². The molecule has 2 aliphatic heterocycles. The first-order valence-corrected chi connectivity index (χ1v) is 10.2. The zero-order valence-corrected chi connectivity index (χ0v) is 16.5. The van der Waals surface area contributed by atoms with E-state index < -0.39 is 5.91 Å². The second kappa shape index (κ2) is 7.15. The Morgan fingerprint density at radius 1 is 1.17 bits per heavy atom. The van der Waals surface area contributed by atoms with E-state index in [1.54, 1.807) is 24.5 Å². The Bertz CT molecular complexity index is 1020.